The van der Waals surface area contributed by atoms with Crippen LogP contribution in [0.5, 0.6) is 11.5 Å². The Morgan fingerprint density at radius 3 is 2.61 bits per heavy atom. The van der Waals surface area contributed by atoms with Crippen molar-refractivity contribution in [3.8, 4) is 21.9 Å². The summed E-state index contributed by atoms with van der Waals surface area (Å²) in [7, 11) is 3.20. The van der Waals surface area contributed by atoms with Crippen molar-refractivity contribution in [1.82, 2.24) is 15.3 Å². The second kappa shape index (κ2) is 10.6. The lowest BCUT2D eigenvalue weighted by molar-refractivity contribution is -0.118. The van der Waals surface area contributed by atoms with Crippen LogP contribution < -0.4 is 14.8 Å². The normalized spacial score (nSPS) is 10.9. The van der Waals surface area contributed by atoms with Crippen LogP contribution in [0.25, 0.3) is 20.7 Å². The third-order valence-corrected chi connectivity index (χ3v) is 7.23. The van der Waals surface area contributed by atoms with Gasteiger partial charge in [-0.3, -0.25) is 4.79 Å². The standard InChI is InChI=1S/C24H22FN3O3S2/c1-30-19-8-3-15(11-20(19)31-2)9-10-26-22(29)13-32-24-23-18(27-14-28-24)12-21(33-23)16-4-6-17(25)7-5-16/h3-8,11-12,14H,9-10,13H2,1-2H3,(H,26,29). The molecule has 0 saturated carbocycles. The highest BCUT2D eigenvalue weighted by atomic mass is 32.2. The van der Waals surface area contributed by atoms with Crippen LogP contribution in [0.15, 0.2) is 59.9 Å². The number of carbonyl (C=O) groups excluding carboxylic acids is 1. The first-order chi connectivity index (χ1) is 16.1. The van der Waals surface area contributed by atoms with Crippen LogP contribution in [-0.2, 0) is 11.2 Å². The molecule has 170 valence electrons. The van der Waals surface area contributed by atoms with Crippen molar-refractivity contribution >= 4 is 39.2 Å². The molecule has 4 rings (SSSR count). The van der Waals surface area contributed by atoms with Gasteiger partial charge in [0.15, 0.2) is 11.5 Å². The Balaban J connectivity index is 1.34. The maximum atomic E-state index is 13.2. The average molecular weight is 484 g/mol. The van der Waals surface area contributed by atoms with Crippen LogP contribution in [0.3, 0.4) is 0 Å². The Kier molecular flexibility index (Phi) is 7.41. The zero-order valence-corrected chi connectivity index (χ0v) is 19.8. The molecule has 1 amide bonds. The van der Waals surface area contributed by atoms with Gasteiger partial charge in [0.25, 0.3) is 0 Å². The van der Waals surface area contributed by atoms with Crippen molar-refractivity contribution < 1.29 is 18.7 Å². The van der Waals surface area contributed by atoms with Crippen molar-refractivity contribution in [2.24, 2.45) is 0 Å². The zero-order chi connectivity index (χ0) is 23.2. The van der Waals surface area contributed by atoms with Gasteiger partial charge >= 0.3 is 0 Å². The van der Waals surface area contributed by atoms with E-state index in [2.05, 4.69) is 15.3 Å². The molecule has 0 aliphatic heterocycles. The molecule has 2 aromatic heterocycles. The maximum absolute atomic E-state index is 13.2. The number of aromatic nitrogens is 2. The number of benzene rings is 2. The number of hydrogen-bond donors (Lipinski definition) is 1. The molecular formula is C24H22FN3O3S2. The van der Waals surface area contributed by atoms with Crippen molar-refractivity contribution in [2.75, 3.05) is 26.5 Å². The zero-order valence-electron chi connectivity index (χ0n) is 18.1. The largest absolute Gasteiger partial charge is 0.493 e. The number of thioether (sulfide) groups is 1. The van der Waals surface area contributed by atoms with Gasteiger partial charge in [-0.1, -0.05) is 30.0 Å². The van der Waals surface area contributed by atoms with E-state index in [1.165, 1.54) is 41.6 Å². The molecule has 2 heterocycles. The predicted molar refractivity (Wildman–Crippen MR) is 130 cm³/mol. The quantitative estimate of drug-likeness (QED) is 0.268. The summed E-state index contributed by atoms with van der Waals surface area (Å²) in [6.07, 6.45) is 2.18. The highest BCUT2D eigenvalue weighted by Crippen LogP contribution is 2.36. The average Bonchev–Trinajstić information content (AvgIpc) is 3.28. The number of ether oxygens (including phenoxy) is 2. The monoisotopic (exact) mass is 483 g/mol. The van der Waals surface area contributed by atoms with Crippen molar-refractivity contribution in [3.05, 3.63) is 66.2 Å². The molecule has 0 radical (unpaired) electrons. The van der Waals surface area contributed by atoms with Gasteiger partial charge in [-0.25, -0.2) is 14.4 Å². The van der Waals surface area contributed by atoms with E-state index in [1.54, 1.807) is 26.4 Å². The van der Waals surface area contributed by atoms with Crippen molar-refractivity contribution in [1.29, 1.82) is 0 Å². The summed E-state index contributed by atoms with van der Waals surface area (Å²) >= 11 is 2.91. The van der Waals surface area contributed by atoms with Crippen LogP contribution in [0.4, 0.5) is 4.39 Å². The number of methoxy groups -OCH3 is 2. The van der Waals surface area contributed by atoms with E-state index in [-0.39, 0.29) is 17.5 Å². The third-order valence-electron chi connectivity index (χ3n) is 4.93. The van der Waals surface area contributed by atoms with Crippen LogP contribution in [0.1, 0.15) is 5.56 Å². The van der Waals surface area contributed by atoms with Gasteiger partial charge in [0, 0.05) is 11.4 Å². The molecule has 0 fully saturated rings. The van der Waals surface area contributed by atoms with Crippen LogP contribution in [0, 0.1) is 5.82 Å². The molecule has 6 nitrogen and oxygen atoms in total. The van der Waals surface area contributed by atoms with Crippen LogP contribution in [-0.4, -0.2) is 42.4 Å². The second-order valence-electron chi connectivity index (χ2n) is 7.09. The third kappa shape index (κ3) is 5.61. The van der Waals surface area contributed by atoms with E-state index < -0.39 is 0 Å². The van der Waals surface area contributed by atoms with Crippen LogP contribution >= 0.6 is 23.1 Å². The molecule has 0 unspecified atom stereocenters. The fourth-order valence-electron chi connectivity index (χ4n) is 3.26. The first kappa shape index (κ1) is 23.0. The minimum Gasteiger partial charge on any atom is -0.493 e. The Labute approximate surface area is 199 Å². The SMILES string of the molecule is COc1ccc(CCNC(=O)CSc2ncnc3cc(-c4ccc(F)cc4)sc23)cc1OC. The second-order valence-corrected chi connectivity index (χ2v) is 9.10. The first-order valence-electron chi connectivity index (χ1n) is 10.2. The smallest absolute Gasteiger partial charge is 0.230 e. The number of amides is 1. The maximum Gasteiger partial charge on any atom is 0.230 e. The van der Waals surface area contributed by atoms with Gasteiger partial charge in [-0.15, -0.1) is 11.3 Å². The molecule has 0 aliphatic carbocycles. The molecule has 33 heavy (non-hydrogen) atoms. The number of halogens is 1. The molecule has 9 heteroatoms. The Hall–Kier alpha value is -3.17. The van der Waals surface area contributed by atoms with E-state index in [0.717, 1.165) is 31.2 Å². The van der Waals surface area contributed by atoms with Crippen molar-refractivity contribution in [3.63, 3.8) is 0 Å². The highest BCUT2D eigenvalue weighted by Gasteiger charge is 2.13. The van der Waals surface area contributed by atoms with E-state index in [9.17, 15) is 9.18 Å². The summed E-state index contributed by atoms with van der Waals surface area (Å²) in [6, 6.07) is 14.0. The van der Waals surface area contributed by atoms with E-state index in [1.807, 2.05) is 24.3 Å². The molecule has 0 bridgehead atoms. The lowest BCUT2D eigenvalue weighted by atomic mass is 10.1. The number of rotatable bonds is 9. The minimum absolute atomic E-state index is 0.0671. The molecule has 2 aromatic carbocycles. The molecular weight excluding hydrogens is 461 g/mol. The predicted octanol–water partition coefficient (Wildman–Crippen LogP) is 4.97. The Morgan fingerprint density at radius 1 is 1.06 bits per heavy atom. The Morgan fingerprint density at radius 2 is 1.85 bits per heavy atom. The van der Waals surface area contributed by atoms with E-state index in [4.69, 9.17) is 9.47 Å². The molecule has 4 aromatic rings. The molecule has 0 saturated heterocycles. The number of nitrogens with zero attached hydrogens (tertiary/aromatic N) is 2. The minimum atomic E-state index is -0.270. The van der Waals surface area contributed by atoms with Crippen molar-refractivity contribution in [2.45, 2.75) is 11.4 Å². The molecule has 1 N–H and O–H groups in total. The summed E-state index contributed by atoms with van der Waals surface area (Å²) in [5, 5.41) is 3.70. The summed E-state index contributed by atoms with van der Waals surface area (Å²) in [5.41, 5.74) is 2.78. The van der Waals surface area contributed by atoms with Gasteiger partial charge < -0.3 is 14.8 Å². The Bertz CT molecular complexity index is 1260. The fraction of sp³-hybridized carbons (Fsp3) is 0.208. The lowest BCUT2D eigenvalue weighted by Crippen LogP contribution is -2.27. The molecule has 0 atom stereocenters. The number of hydrogen-bond acceptors (Lipinski definition) is 7. The van der Waals surface area contributed by atoms with Gasteiger partial charge in [0.05, 0.1) is 30.2 Å². The highest BCUT2D eigenvalue weighted by molar-refractivity contribution is 8.00. The lowest BCUT2D eigenvalue weighted by Gasteiger charge is -2.10. The van der Waals surface area contributed by atoms with Gasteiger partial charge in [0.1, 0.15) is 17.2 Å². The van der Waals surface area contributed by atoms with E-state index >= 15 is 0 Å². The summed E-state index contributed by atoms with van der Waals surface area (Å²) in [5.74, 6) is 1.26. The topological polar surface area (TPSA) is 73.3 Å². The number of thiophene rings is 1. The number of carbonyl (C=O) groups is 1. The number of fused-ring (bicyclic) bond motifs is 1. The van der Waals surface area contributed by atoms with Gasteiger partial charge in [-0.05, 0) is 47.9 Å². The first-order valence-corrected chi connectivity index (χ1v) is 12.0. The molecule has 0 aliphatic rings. The van der Waals surface area contributed by atoms with Gasteiger partial charge in [-0.2, -0.15) is 0 Å². The van der Waals surface area contributed by atoms with Gasteiger partial charge in [0.2, 0.25) is 5.91 Å². The fourth-order valence-corrected chi connectivity index (χ4v) is 5.29. The number of nitrogens with one attached hydrogen (secondary N) is 1. The van der Waals surface area contributed by atoms with E-state index in [0.29, 0.717) is 24.5 Å². The molecule has 0 spiro atoms. The van der Waals surface area contributed by atoms with Crippen LogP contribution in [0.2, 0.25) is 0 Å². The summed E-state index contributed by atoms with van der Waals surface area (Å²) < 4.78 is 24.7. The summed E-state index contributed by atoms with van der Waals surface area (Å²) in [4.78, 5) is 22.0. The summed E-state index contributed by atoms with van der Waals surface area (Å²) in [6.45, 7) is 0.516.